The van der Waals surface area contributed by atoms with Gasteiger partial charge in [0.2, 0.25) is 5.91 Å². The quantitative estimate of drug-likeness (QED) is 0.270. The lowest BCUT2D eigenvalue weighted by Crippen LogP contribution is -2.51. The molecule has 0 saturated carbocycles. The zero-order chi connectivity index (χ0) is 25.1. The fourth-order valence-electron chi connectivity index (χ4n) is 5.53. The van der Waals surface area contributed by atoms with E-state index in [0.29, 0.717) is 4.90 Å². The molecule has 4 nitrogen and oxygen atoms in total. The minimum Gasteiger partial charge on any atom is -0.872 e. The van der Waals surface area contributed by atoms with Crippen LogP contribution in [-0.2, 0) is 10.2 Å². The van der Waals surface area contributed by atoms with E-state index in [4.69, 9.17) is 5.73 Å². The number of quaternary nitrogens is 1. The van der Waals surface area contributed by atoms with E-state index in [0.717, 1.165) is 59.9 Å². The molecule has 35 heavy (non-hydrogen) atoms. The normalized spacial score (nSPS) is 21.5. The summed E-state index contributed by atoms with van der Waals surface area (Å²) in [5.74, 6) is -0.945. The molecule has 1 amide bonds. The monoisotopic (exact) mass is 496 g/mol. The molecule has 1 aliphatic rings. The number of rotatable bonds is 9. The molecule has 0 bridgehead atoms. The fraction of sp³-hybridized carbons (Fsp3) is 0.321. The van der Waals surface area contributed by atoms with Crippen LogP contribution in [0.4, 0.5) is 8.78 Å². The number of hydrogen-bond acceptors (Lipinski definition) is 3. The van der Waals surface area contributed by atoms with Gasteiger partial charge in [-0.05, 0) is 23.3 Å². The summed E-state index contributed by atoms with van der Waals surface area (Å²) in [4.78, 5) is 13.8. The predicted octanol–water partition coefficient (Wildman–Crippen LogP) is 4.46. The van der Waals surface area contributed by atoms with Crippen molar-refractivity contribution in [3.05, 3.63) is 95.6 Å². The first kappa shape index (κ1) is 25.2. The number of benzene rings is 3. The molecule has 1 saturated heterocycles. The first-order valence-electron chi connectivity index (χ1n) is 11.8. The highest BCUT2D eigenvalue weighted by Crippen LogP contribution is 2.45. The van der Waals surface area contributed by atoms with Crippen LogP contribution in [-0.4, -0.2) is 42.8 Å². The van der Waals surface area contributed by atoms with Crippen LogP contribution in [0.3, 0.4) is 0 Å². The number of carbonyl (C=O) groups is 1. The van der Waals surface area contributed by atoms with E-state index in [-0.39, 0.29) is 11.7 Å². The molecule has 3 unspecified atom stereocenters. The van der Waals surface area contributed by atoms with E-state index in [1.165, 1.54) is 36.0 Å². The van der Waals surface area contributed by atoms with Crippen LogP contribution in [0.2, 0.25) is 0 Å². The van der Waals surface area contributed by atoms with E-state index < -0.39 is 23.0 Å². The second-order valence-corrected chi connectivity index (χ2v) is 10.8. The number of thioether (sulfide) groups is 1. The molecular formula is C28H30F2N2O2S. The van der Waals surface area contributed by atoms with Crippen LogP contribution in [0.25, 0.3) is 0 Å². The summed E-state index contributed by atoms with van der Waals surface area (Å²) in [5, 5.41) is 11.8. The predicted molar refractivity (Wildman–Crippen MR) is 133 cm³/mol. The van der Waals surface area contributed by atoms with E-state index in [9.17, 15) is 18.7 Å². The maximum atomic E-state index is 13.5. The molecule has 7 heteroatoms. The Hall–Kier alpha value is -2.90. The van der Waals surface area contributed by atoms with Gasteiger partial charge in [0.05, 0.1) is 26.7 Å². The van der Waals surface area contributed by atoms with Gasteiger partial charge < -0.3 is 15.3 Å². The highest BCUT2D eigenvalue weighted by atomic mass is 32.2. The number of amides is 1. The van der Waals surface area contributed by atoms with Crippen molar-refractivity contribution in [2.75, 3.05) is 32.4 Å². The minimum absolute atomic E-state index is 0.0325. The highest BCUT2D eigenvalue weighted by molar-refractivity contribution is 7.99. The smallest absolute Gasteiger partial charge is 0.233 e. The van der Waals surface area contributed by atoms with Gasteiger partial charge in [0.25, 0.3) is 0 Å². The number of likely N-dealkylation sites (tertiary alicyclic amines) is 1. The first-order chi connectivity index (χ1) is 16.7. The molecule has 0 aliphatic carbocycles. The summed E-state index contributed by atoms with van der Waals surface area (Å²) in [6.45, 7) is 2.53. The Balaban J connectivity index is 1.53. The van der Waals surface area contributed by atoms with Crippen LogP contribution < -0.4 is 10.8 Å². The fourth-order valence-corrected chi connectivity index (χ4v) is 6.43. The van der Waals surface area contributed by atoms with Gasteiger partial charge in [-0.15, -0.1) is 17.5 Å². The number of nitrogens with zero attached hydrogens (tertiary/aromatic N) is 1. The summed E-state index contributed by atoms with van der Waals surface area (Å²) in [6.07, 6.45) is 1.68. The van der Waals surface area contributed by atoms with Gasteiger partial charge in [0.1, 0.15) is 17.0 Å². The summed E-state index contributed by atoms with van der Waals surface area (Å²) >= 11 is 1.44. The SMILES string of the molecule is C[N+]1(CCCSc2cc(F)cc(F)c2)CCC(C(C(N)=O)(c2ccccc2)c2ccc([O-])cc2)C1. The number of carbonyl (C=O) groups excluding carboxylic acids is 1. The lowest BCUT2D eigenvalue weighted by Gasteiger charge is -2.38. The zero-order valence-electron chi connectivity index (χ0n) is 19.8. The summed E-state index contributed by atoms with van der Waals surface area (Å²) < 4.78 is 27.7. The average Bonchev–Trinajstić information content (AvgIpc) is 3.20. The van der Waals surface area contributed by atoms with Crippen LogP contribution in [0.1, 0.15) is 24.0 Å². The third kappa shape index (κ3) is 5.36. The topological polar surface area (TPSA) is 66.2 Å². The van der Waals surface area contributed by atoms with Gasteiger partial charge in [0.15, 0.2) is 0 Å². The lowest BCUT2D eigenvalue weighted by molar-refractivity contribution is -0.899. The Morgan fingerprint density at radius 3 is 2.31 bits per heavy atom. The molecule has 184 valence electrons. The number of primary amides is 1. The van der Waals surface area contributed by atoms with E-state index in [1.54, 1.807) is 12.1 Å². The number of hydrogen-bond donors (Lipinski definition) is 1. The maximum absolute atomic E-state index is 13.5. The molecule has 1 fully saturated rings. The molecule has 3 aromatic carbocycles. The molecule has 1 heterocycles. The Bertz CT molecular complexity index is 1160. The minimum atomic E-state index is -1.03. The molecule has 2 N–H and O–H groups in total. The van der Waals surface area contributed by atoms with Gasteiger partial charge in [-0.2, -0.15) is 0 Å². The van der Waals surface area contributed by atoms with Gasteiger partial charge in [-0.25, -0.2) is 8.78 Å². The van der Waals surface area contributed by atoms with Crippen molar-refractivity contribution < 1.29 is 23.2 Å². The van der Waals surface area contributed by atoms with E-state index in [2.05, 4.69) is 7.05 Å². The standard InChI is InChI=1S/C28H30F2N2O2S/c1-32(13-5-15-35-26-17-23(29)16-24(30)18-26)14-12-22(19-32)28(27(31)34,20-6-3-2-4-7-20)21-8-10-25(33)11-9-21/h2-4,6-11,16-18,22H,5,12-15,19H2,1H3,(H2-,31,33,34). The number of halogens is 2. The molecule has 3 atom stereocenters. The lowest BCUT2D eigenvalue weighted by atomic mass is 9.64. The molecule has 1 aliphatic heterocycles. The number of nitrogens with two attached hydrogens (primary N) is 1. The van der Waals surface area contributed by atoms with Crippen molar-refractivity contribution in [3.8, 4) is 5.75 Å². The molecule has 0 radical (unpaired) electrons. The summed E-state index contributed by atoms with van der Waals surface area (Å²) in [7, 11) is 2.18. The van der Waals surface area contributed by atoms with Crippen LogP contribution in [0.15, 0.2) is 77.7 Å². The maximum Gasteiger partial charge on any atom is 0.233 e. The van der Waals surface area contributed by atoms with E-state index >= 15 is 0 Å². The van der Waals surface area contributed by atoms with Gasteiger partial charge in [-0.3, -0.25) is 4.79 Å². The molecule has 0 spiro atoms. The van der Waals surface area contributed by atoms with Gasteiger partial charge in [0, 0.05) is 35.5 Å². The Labute approximate surface area is 209 Å². The summed E-state index contributed by atoms with van der Waals surface area (Å²) in [6, 6.07) is 19.6. The van der Waals surface area contributed by atoms with Gasteiger partial charge >= 0.3 is 0 Å². The molecular weight excluding hydrogens is 466 g/mol. The second kappa shape index (κ2) is 10.4. The average molecular weight is 497 g/mol. The van der Waals surface area contributed by atoms with E-state index in [1.807, 2.05) is 30.3 Å². The van der Waals surface area contributed by atoms with Crippen molar-refractivity contribution in [2.45, 2.75) is 23.2 Å². The summed E-state index contributed by atoms with van der Waals surface area (Å²) in [5.41, 5.74) is 6.72. The Morgan fingerprint density at radius 2 is 1.69 bits per heavy atom. The highest BCUT2D eigenvalue weighted by Gasteiger charge is 2.53. The third-order valence-electron chi connectivity index (χ3n) is 7.17. The second-order valence-electron chi connectivity index (χ2n) is 9.60. The van der Waals surface area contributed by atoms with Crippen molar-refractivity contribution in [2.24, 2.45) is 11.7 Å². The third-order valence-corrected chi connectivity index (χ3v) is 8.23. The molecule has 4 rings (SSSR count). The zero-order valence-corrected chi connectivity index (χ0v) is 20.6. The first-order valence-corrected chi connectivity index (χ1v) is 12.8. The van der Waals surface area contributed by atoms with Crippen molar-refractivity contribution in [1.82, 2.24) is 0 Å². The molecule has 0 aromatic heterocycles. The van der Waals surface area contributed by atoms with Gasteiger partial charge in [-0.1, -0.05) is 54.6 Å². The van der Waals surface area contributed by atoms with Crippen LogP contribution in [0.5, 0.6) is 5.75 Å². The Morgan fingerprint density at radius 1 is 1.06 bits per heavy atom. The van der Waals surface area contributed by atoms with Crippen LogP contribution in [0, 0.1) is 17.6 Å². The van der Waals surface area contributed by atoms with Crippen molar-refractivity contribution in [3.63, 3.8) is 0 Å². The van der Waals surface area contributed by atoms with Crippen LogP contribution >= 0.6 is 11.8 Å². The largest absolute Gasteiger partial charge is 0.872 e. The molecule has 3 aromatic rings. The van der Waals surface area contributed by atoms with Crippen molar-refractivity contribution in [1.29, 1.82) is 0 Å². The Kier molecular flexibility index (Phi) is 7.47. The van der Waals surface area contributed by atoms with Crippen molar-refractivity contribution >= 4 is 17.7 Å².